The number of hydrogen-bond acceptors (Lipinski definition) is 3. The fourth-order valence-corrected chi connectivity index (χ4v) is 2.58. The standard InChI is InChI=1S/C9H6ClNO2S2/c10-7-3-1-6(2-4-7)9-11-8(5-14-9)15(12)13/h1-5H,(H,12,13). The van der Waals surface area contributed by atoms with Crippen LogP contribution in [0.2, 0.25) is 5.02 Å². The average molecular weight is 260 g/mol. The Morgan fingerprint density at radius 2 is 2.00 bits per heavy atom. The number of hydrogen-bond donors (Lipinski definition) is 1. The molecule has 78 valence electrons. The van der Waals surface area contributed by atoms with E-state index in [9.17, 15) is 4.21 Å². The van der Waals surface area contributed by atoms with Crippen LogP contribution in [0.3, 0.4) is 0 Å². The normalized spacial score (nSPS) is 12.7. The molecule has 0 fully saturated rings. The summed E-state index contributed by atoms with van der Waals surface area (Å²) in [6.07, 6.45) is 0. The first-order valence-corrected chi connectivity index (χ1v) is 6.35. The molecular weight excluding hydrogens is 254 g/mol. The van der Waals surface area contributed by atoms with E-state index in [2.05, 4.69) is 4.98 Å². The molecule has 0 aliphatic carbocycles. The summed E-state index contributed by atoms with van der Waals surface area (Å²) >= 11 is 5.07. The highest BCUT2D eigenvalue weighted by atomic mass is 35.5. The van der Waals surface area contributed by atoms with Crippen molar-refractivity contribution in [1.29, 1.82) is 0 Å². The van der Waals surface area contributed by atoms with Gasteiger partial charge in [0, 0.05) is 16.0 Å². The van der Waals surface area contributed by atoms with Gasteiger partial charge in [0.15, 0.2) is 5.03 Å². The third-order valence-electron chi connectivity index (χ3n) is 1.75. The van der Waals surface area contributed by atoms with Gasteiger partial charge in [0.2, 0.25) is 11.1 Å². The largest absolute Gasteiger partial charge is 0.301 e. The lowest BCUT2D eigenvalue weighted by Gasteiger charge is -1.95. The highest BCUT2D eigenvalue weighted by molar-refractivity contribution is 7.79. The average Bonchev–Trinajstić information content (AvgIpc) is 2.68. The SMILES string of the molecule is O=S(O)c1csc(-c2ccc(Cl)cc2)n1. The molecule has 0 bridgehead atoms. The molecule has 15 heavy (non-hydrogen) atoms. The quantitative estimate of drug-likeness (QED) is 0.844. The lowest BCUT2D eigenvalue weighted by Crippen LogP contribution is -1.87. The third-order valence-corrected chi connectivity index (χ3v) is 3.61. The summed E-state index contributed by atoms with van der Waals surface area (Å²) in [5.74, 6) is 0. The summed E-state index contributed by atoms with van der Waals surface area (Å²) in [6.45, 7) is 0. The minimum Gasteiger partial charge on any atom is -0.301 e. The van der Waals surface area contributed by atoms with Crippen LogP contribution >= 0.6 is 22.9 Å². The van der Waals surface area contributed by atoms with Crippen LogP contribution in [0.5, 0.6) is 0 Å². The van der Waals surface area contributed by atoms with Gasteiger partial charge in [-0.2, -0.15) is 0 Å². The zero-order valence-electron chi connectivity index (χ0n) is 7.38. The predicted molar refractivity (Wildman–Crippen MR) is 61.6 cm³/mol. The van der Waals surface area contributed by atoms with Crippen molar-refractivity contribution in [3.05, 3.63) is 34.7 Å². The fourth-order valence-electron chi connectivity index (χ4n) is 1.06. The summed E-state index contributed by atoms with van der Waals surface area (Å²) in [5, 5.41) is 3.12. The van der Waals surface area contributed by atoms with Crippen molar-refractivity contribution in [3.8, 4) is 10.6 Å². The Labute approximate surface area is 98.0 Å². The Morgan fingerprint density at radius 1 is 1.33 bits per heavy atom. The number of thiazole rings is 1. The van der Waals surface area contributed by atoms with Gasteiger partial charge in [-0.1, -0.05) is 23.7 Å². The van der Waals surface area contributed by atoms with Gasteiger partial charge < -0.3 is 4.55 Å². The first kappa shape index (κ1) is 10.8. The molecule has 1 aromatic heterocycles. The molecule has 0 radical (unpaired) electrons. The van der Waals surface area contributed by atoms with Gasteiger partial charge in [0.05, 0.1) is 0 Å². The molecule has 3 nitrogen and oxygen atoms in total. The van der Waals surface area contributed by atoms with Gasteiger partial charge in [0.1, 0.15) is 5.01 Å². The van der Waals surface area contributed by atoms with E-state index in [1.165, 1.54) is 11.3 Å². The van der Waals surface area contributed by atoms with Crippen molar-refractivity contribution >= 4 is 34.0 Å². The van der Waals surface area contributed by atoms with E-state index >= 15 is 0 Å². The topological polar surface area (TPSA) is 50.2 Å². The molecule has 0 saturated carbocycles. The van der Waals surface area contributed by atoms with Crippen LogP contribution in [-0.4, -0.2) is 13.7 Å². The highest BCUT2D eigenvalue weighted by Crippen LogP contribution is 2.25. The Kier molecular flexibility index (Phi) is 3.16. The lowest BCUT2D eigenvalue weighted by atomic mass is 10.2. The second-order valence-electron chi connectivity index (χ2n) is 2.75. The molecule has 6 heteroatoms. The molecule has 0 aliphatic rings. The Hall–Kier alpha value is -0.750. The van der Waals surface area contributed by atoms with E-state index in [4.69, 9.17) is 16.2 Å². The molecule has 1 atom stereocenters. The van der Waals surface area contributed by atoms with Crippen molar-refractivity contribution < 1.29 is 8.76 Å². The predicted octanol–water partition coefficient (Wildman–Crippen LogP) is 3.04. The zero-order valence-corrected chi connectivity index (χ0v) is 9.77. The number of nitrogens with zero attached hydrogens (tertiary/aromatic N) is 1. The summed E-state index contributed by atoms with van der Waals surface area (Å²) in [6, 6.07) is 7.16. The van der Waals surface area contributed by atoms with E-state index < -0.39 is 11.1 Å². The van der Waals surface area contributed by atoms with Crippen molar-refractivity contribution in [2.75, 3.05) is 0 Å². The smallest absolute Gasteiger partial charge is 0.206 e. The van der Waals surface area contributed by atoms with E-state index in [1.54, 1.807) is 17.5 Å². The highest BCUT2D eigenvalue weighted by Gasteiger charge is 2.07. The molecule has 2 rings (SSSR count). The summed E-state index contributed by atoms with van der Waals surface area (Å²) in [7, 11) is 0. The van der Waals surface area contributed by atoms with Crippen LogP contribution in [0.4, 0.5) is 0 Å². The van der Waals surface area contributed by atoms with Crippen LogP contribution in [0.25, 0.3) is 10.6 Å². The second kappa shape index (κ2) is 4.40. The maximum absolute atomic E-state index is 10.7. The van der Waals surface area contributed by atoms with E-state index in [0.717, 1.165) is 5.56 Å². The van der Waals surface area contributed by atoms with Crippen LogP contribution in [0.15, 0.2) is 34.7 Å². The zero-order chi connectivity index (χ0) is 10.8. The van der Waals surface area contributed by atoms with Gasteiger partial charge in [0.25, 0.3) is 0 Å². The van der Waals surface area contributed by atoms with Gasteiger partial charge in [-0.15, -0.1) is 11.3 Å². The summed E-state index contributed by atoms with van der Waals surface area (Å²) in [4.78, 5) is 4.03. The number of rotatable bonds is 2. The molecule has 1 heterocycles. The van der Waals surface area contributed by atoms with Gasteiger partial charge in [-0.3, -0.25) is 0 Å². The Balaban J connectivity index is 2.37. The van der Waals surface area contributed by atoms with E-state index in [0.29, 0.717) is 10.0 Å². The Morgan fingerprint density at radius 3 is 2.53 bits per heavy atom. The van der Waals surface area contributed by atoms with E-state index in [1.807, 2.05) is 12.1 Å². The number of aromatic nitrogens is 1. The minimum atomic E-state index is -2.01. The molecule has 1 unspecified atom stereocenters. The van der Waals surface area contributed by atoms with Crippen LogP contribution in [0, 0.1) is 0 Å². The third kappa shape index (κ3) is 2.43. The monoisotopic (exact) mass is 259 g/mol. The van der Waals surface area contributed by atoms with Crippen molar-refractivity contribution in [3.63, 3.8) is 0 Å². The first-order chi connectivity index (χ1) is 7.16. The molecule has 0 amide bonds. The van der Waals surface area contributed by atoms with Crippen molar-refractivity contribution in [2.24, 2.45) is 0 Å². The Bertz CT molecular complexity index is 495. The van der Waals surface area contributed by atoms with E-state index in [-0.39, 0.29) is 5.03 Å². The van der Waals surface area contributed by atoms with Crippen LogP contribution in [-0.2, 0) is 11.1 Å². The first-order valence-electron chi connectivity index (χ1n) is 3.99. The summed E-state index contributed by atoms with van der Waals surface area (Å²) in [5.41, 5.74) is 0.890. The van der Waals surface area contributed by atoms with Gasteiger partial charge >= 0.3 is 0 Å². The fraction of sp³-hybridized carbons (Fsp3) is 0. The number of halogens is 1. The molecule has 2 aromatic rings. The molecule has 0 spiro atoms. The molecule has 0 saturated heterocycles. The molecule has 1 aromatic carbocycles. The molecule has 1 N–H and O–H groups in total. The number of benzene rings is 1. The minimum absolute atomic E-state index is 0.185. The molecular formula is C9H6ClNO2S2. The van der Waals surface area contributed by atoms with Crippen molar-refractivity contribution in [1.82, 2.24) is 4.98 Å². The van der Waals surface area contributed by atoms with Crippen molar-refractivity contribution in [2.45, 2.75) is 5.03 Å². The van der Waals surface area contributed by atoms with Crippen LogP contribution < -0.4 is 0 Å². The maximum Gasteiger partial charge on any atom is 0.206 e. The lowest BCUT2D eigenvalue weighted by molar-refractivity contribution is 0.561. The van der Waals surface area contributed by atoms with Crippen LogP contribution in [0.1, 0.15) is 0 Å². The van der Waals surface area contributed by atoms with Gasteiger partial charge in [-0.25, -0.2) is 9.19 Å². The maximum atomic E-state index is 10.7. The molecule has 0 aliphatic heterocycles. The second-order valence-corrected chi connectivity index (χ2v) is 4.96. The summed E-state index contributed by atoms with van der Waals surface area (Å²) < 4.78 is 19.6. The van der Waals surface area contributed by atoms with Gasteiger partial charge in [-0.05, 0) is 12.1 Å².